The van der Waals surface area contributed by atoms with Gasteiger partial charge in [-0.15, -0.1) is 0 Å². The maximum Gasteiger partial charge on any atom is 0.251 e. The number of hydrogen-bond acceptors (Lipinski definition) is 3. The highest BCUT2D eigenvalue weighted by molar-refractivity contribution is 5.94. The average molecular weight is 299 g/mol. The van der Waals surface area contributed by atoms with Gasteiger partial charge >= 0.3 is 0 Å². The zero-order chi connectivity index (χ0) is 15.9. The van der Waals surface area contributed by atoms with Gasteiger partial charge in [0, 0.05) is 5.56 Å². The van der Waals surface area contributed by atoms with Crippen LogP contribution in [0.2, 0.25) is 0 Å². The molecule has 2 aromatic rings. The van der Waals surface area contributed by atoms with Crippen LogP contribution in [0.3, 0.4) is 0 Å². The molecule has 0 spiro atoms. The molecule has 1 N–H and O–H groups in total. The molecular weight excluding hydrogens is 278 g/mol. The van der Waals surface area contributed by atoms with E-state index in [1.165, 1.54) is 0 Å². The third-order valence-electron chi connectivity index (χ3n) is 3.40. The van der Waals surface area contributed by atoms with E-state index in [0.29, 0.717) is 18.7 Å². The van der Waals surface area contributed by atoms with Gasteiger partial charge in [-0.3, -0.25) is 4.79 Å². The first kappa shape index (κ1) is 15.9. The summed E-state index contributed by atoms with van der Waals surface area (Å²) in [6.07, 6.45) is 0. The number of carbonyl (C=O) groups is 1. The molecule has 0 aliphatic heterocycles. The molecule has 0 bridgehead atoms. The largest absolute Gasteiger partial charge is 0.496 e. The molecule has 0 aliphatic rings. The molecule has 4 heteroatoms. The van der Waals surface area contributed by atoms with Crippen LogP contribution in [0, 0.1) is 13.8 Å². The lowest BCUT2D eigenvalue weighted by Crippen LogP contribution is -2.28. The molecule has 0 unspecified atom stereocenters. The molecule has 0 saturated heterocycles. The highest BCUT2D eigenvalue weighted by atomic mass is 16.5. The molecule has 0 atom stereocenters. The number of para-hydroxylation sites is 1. The standard InChI is InChI=1S/C18H21NO3/c1-13-6-4-5-7-17(13)22-11-10-19-18(20)15-8-9-16(21-3)14(2)12-15/h4-9,12H,10-11H2,1-3H3,(H,19,20). The summed E-state index contributed by atoms with van der Waals surface area (Å²) in [6, 6.07) is 13.2. The van der Waals surface area contributed by atoms with Crippen molar-refractivity contribution in [3.05, 3.63) is 59.2 Å². The molecule has 0 aromatic heterocycles. The number of rotatable bonds is 6. The SMILES string of the molecule is COc1ccc(C(=O)NCCOc2ccccc2C)cc1C. The zero-order valence-corrected chi connectivity index (χ0v) is 13.2. The number of methoxy groups -OCH3 is 1. The molecule has 0 radical (unpaired) electrons. The van der Waals surface area contributed by atoms with Crippen LogP contribution in [0.25, 0.3) is 0 Å². The van der Waals surface area contributed by atoms with E-state index < -0.39 is 0 Å². The molecule has 0 fully saturated rings. The molecule has 22 heavy (non-hydrogen) atoms. The van der Waals surface area contributed by atoms with Crippen LogP contribution in [0.5, 0.6) is 11.5 Å². The first-order valence-electron chi connectivity index (χ1n) is 7.23. The lowest BCUT2D eigenvalue weighted by Gasteiger charge is -2.10. The number of carbonyl (C=O) groups excluding carboxylic acids is 1. The minimum atomic E-state index is -0.112. The summed E-state index contributed by atoms with van der Waals surface area (Å²) < 4.78 is 10.8. The third kappa shape index (κ3) is 4.01. The van der Waals surface area contributed by atoms with Gasteiger partial charge in [0.1, 0.15) is 18.1 Å². The monoisotopic (exact) mass is 299 g/mol. The first-order chi connectivity index (χ1) is 10.6. The molecule has 0 saturated carbocycles. The van der Waals surface area contributed by atoms with Crippen LogP contribution in [0.15, 0.2) is 42.5 Å². The molecular formula is C18H21NO3. The maximum atomic E-state index is 12.1. The van der Waals surface area contributed by atoms with E-state index in [9.17, 15) is 4.79 Å². The summed E-state index contributed by atoms with van der Waals surface area (Å²) in [4.78, 5) is 12.1. The van der Waals surface area contributed by atoms with Crippen molar-refractivity contribution in [2.75, 3.05) is 20.3 Å². The summed E-state index contributed by atoms with van der Waals surface area (Å²) in [5.41, 5.74) is 2.64. The third-order valence-corrected chi connectivity index (χ3v) is 3.40. The lowest BCUT2D eigenvalue weighted by molar-refractivity contribution is 0.0947. The Morgan fingerprint density at radius 2 is 1.82 bits per heavy atom. The predicted octanol–water partition coefficient (Wildman–Crippen LogP) is 3.12. The number of hydrogen-bond donors (Lipinski definition) is 1. The summed E-state index contributed by atoms with van der Waals surface area (Å²) in [5.74, 6) is 1.51. The highest BCUT2D eigenvalue weighted by Gasteiger charge is 2.07. The van der Waals surface area contributed by atoms with Gasteiger partial charge in [-0.2, -0.15) is 0 Å². The van der Waals surface area contributed by atoms with Crippen molar-refractivity contribution in [1.82, 2.24) is 5.32 Å². The van der Waals surface area contributed by atoms with Crippen molar-refractivity contribution >= 4 is 5.91 Å². The Bertz CT molecular complexity index is 653. The Morgan fingerprint density at radius 3 is 2.50 bits per heavy atom. The van der Waals surface area contributed by atoms with Crippen molar-refractivity contribution in [3.8, 4) is 11.5 Å². The quantitative estimate of drug-likeness (QED) is 0.834. The van der Waals surface area contributed by atoms with Crippen LogP contribution in [-0.4, -0.2) is 26.2 Å². The minimum Gasteiger partial charge on any atom is -0.496 e. The Hall–Kier alpha value is -2.49. The van der Waals surface area contributed by atoms with E-state index in [1.54, 1.807) is 19.2 Å². The number of ether oxygens (including phenoxy) is 2. The minimum absolute atomic E-state index is 0.112. The molecule has 0 heterocycles. The number of amides is 1. The van der Waals surface area contributed by atoms with E-state index in [2.05, 4.69) is 5.32 Å². The van der Waals surface area contributed by atoms with E-state index in [4.69, 9.17) is 9.47 Å². The number of nitrogens with one attached hydrogen (secondary N) is 1. The predicted molar refractivity (Wildman–Crippen MR) is 86.7 cm³/mol. The molecule has 1 amide bonds. The van der Waals surface area contributed by atoms with Crippen molar-refractivity contribution in [1.29, 1.82) is 0 Å². The Balaban J connectivity index is 1.83. The van der Waals surface area contributed by atoms with Crippen LogP contribution in [-0.2, 0) is 0 Å². The van der Waals surface area contributed by atoms with E-state index >= 15 is 0 Å². The van der Waals surface area contributed by atoms with Crippen LogP contribution in [0.4, 0.5) is 0 Å². The van der Waals surface area contributed by atoms with Crippen molar-refractivity contribution in [2.45, 2.75) is 13.8 Å². The van der Waals surface area contributed by atoms with E-state index in [0.717, 1.165) is 22.6 Å². The van der Waals surface area contributed by atoms with Gasteiger partial charge in [-0.25, -0.2) is 0 Å². The Labute approximate surface area is 131 Å². The fraction of sp³-hybridized carbons (Fsp3) is 0.278. The summed E-state index contributed by atoms with van der Waals surface area (Å²) in [6.45, 7) is 4.80. The second-order valence-electron chi connectivity index (χ2n) is 5.05. The molecule has 116 valence electrons. The Morgan fingerprint density at radius 1 is 1.05 bits per heavy atom. The fourth-order valence-electron chi connectivity index (χ4n) is 2.17. The first-order valence-corrected chi connectivity index (χ1v) is 7.23. The number of aryl methyl sites for hydroxylation is 2. The van der Waals surface area contributed by atoms with Gasteiger partial charge in [0.2, 0.25) is 0 Å². The molecule has 2 aromatic carbocycles. The van der Waals surface area contributed by atoms with E-state index in [1.807, 2.05) is 44.2 Å². The van der Waals surface area contributed by atoms with Gasteiger partial charge in [-0.05, 0) is 49.2 Å². The normalized spacial score (nSPS) is 10.1. The van der Waals surface area contributed by atoms with Crippen LogP contribution < -0.4 is 14.8 Å². The lowest BCUT2D eigenvalue weighted by atomic mass is 10.1. The van der Waals surface area contributed by atoms with Gasteiger partial charge in [0.25, 0.3) is 5.91 Å². The van der Waals surface area contributed by atoms with Crippen molar-refractivity contribution in [2.24, 2.45) is 0 Å². The molecule has 0 aliphatic carbocycles. The molecule has 2 rings (SSSR count). The smallest absolute Gasteiger partial charge is 0.251 e. The van der Waals surface area contributed by atoms with Crippen LogP contribution >= 0.6 is 0 Å². The summed E-state index contributed by atoms with van der Waals surface area (Å²) >= 11 is 0. The number of benzene rings is 2. The second kappa shape index (κ2) is 7.50. The Kier molecular flexibility index (Phi) is 5.42. The van der Waals surface area contributed by atoms with Crippen molar-refractivity contribution in [3.63, 3.8) is 0 Å². The van der Waals surface area contributed by atoms with Gasteiger partial charge < -0.3 is 14.8 Å². The average Bonchev–Trinajstić information content (AvgIpc) is 2.52. The zero-order valence-electron chi connectivity index (χ0n) is 13.2. The van der Waals surface area contributed by atoms with E-state index in [-0.39, 0.29) is 5.91 Å². The second-order valence-corrected chi connectivity index (χ2v) is 5.05. The van der Waals surface area contributed by atoms with Crippen molar-refractivity contribution < 1.29 is 14.3 Å². The summed E-state index contributed by atoms with van der Waals surface area (Å²) in [5, 5.41) is 2.85. The van der Waals surface area contributed by atoms with Gasteiger partial charge in [0.15, 0.2) is 0 Å². The van der Waals surface area contributed by atoms with Crippen LogP contribution in [0.1, 0.15) is 21.5 Å². The highest BCUT2D eigenvalue weighted by Crippen LogP contribution is 2.18. The topological polar surface area (TPSA) is 47.6 Å². The van der Waals surface area contributed by atoms with Gasteiger partial charge in [-0.1, -0.05) is 18.2 Å². The maximum absolute atomic E-state index is 12.1. The van der Waals surface area contributed by atoms with Gasteiger partial charge in [0.05, 0.1) is 13.7 Å². The summed E-state index contributed by atoms with van der Waals surface area (Å²) in [7, 11) is 1.62. The molecule has 4 nitrogen and oxygen atoms in total. The fourth-order valence-corrected chi connectivity index (χ4v) is 2.17.